The van der Waals surface area contributed by atoms with Gasteiger partial charge in [-0.2, -0.15) is 5.10 Å². The molecule has 0 bridgehead atoms. The molecule has 0 saturated carbocycles. The van der Waals surface area contributed by atoms with Crippen LogP contribution in [0.1, 0.15) is 16.1 Å². The van der Waals surface area contributed by atoms with Crippen LogP contribution >= 0.6 is 0 Å². The number of methoxy groups -OCH3 is 2. The zero-order valence-corrected chi connectivity index (χ0v) is 15.0. The van der Waals surface area contributed by atoms with Gasteiger partial charge in [0.1, 0.15) is 0 Å². The van der Waals surface area contributed by atoms with Crippen LogP contribution in [0.5, 0.6) is 11.5 Å². The van der Waals surface area contributed by atoms with Gasteiger partial charge in [0.2, 0.25) is 0 Å². The molecule has 0 aliphatic heterocycles. The molecule has 1 heterocycles. The Labute approximate surface area is 150 Å². The van der Waals surface area contributed by atoms with E-state index in [1.807, 2.05) is 6.92 Å². The molecule has 134 valence electrons. The summed E-state index contributed by atoms with van der Waals surface area (Å²) in [5.41, 5.74) is 1.31. The number of amides is 1. The molecule has 26 heavy (non-hydrogen) atoms. The van der Waals surface area contributed by atoms with E-state index < -0.39 is 5.91 Å². The van der Waals surface area contributed by atoms with Crippen molar-refractivity contribution in [3.8, 4) is 11.5 Å². The number of nitrogens with zero attached hydrogens (tertiary/aromatic N) is 2. The number of anilines is 1. The maximum Gasteiger partial charge on any atom is 0.276 e. The molecule has 0 atom stereocenters. The smallest absolute Gasteiger partial charge is 0.276 e. The molecule has 0 aliphatic carbocycles. The van der Waals surface area contributed by atoms with Crippen LogP contribution in [-0.4, -0.2) is 29.9 Å². The van der Waals surface area contributed by atoms with Crippen molar-refractivity contribution >= 4 is 22.4 Å². The largest absolute Gasteiger partial charge is 0.493 e. The Hall–Kier alpha value is -3.35. The highest BCUT2D eigenvalue weighted by atomic mass is 16.5. The molecule has 3 aromatic rings. The first-order valence-electron chi connectivity index (χ1n) is 7.96. The fourth-order valence-electron chi connectivity index (χ4n) is 2.76. The Morgan fingerprint density at radius 2 is 1.69 bits per heavy atom. The Balaban J connectivity index is 2.06. The number of carbonyl (C=O) groups excluding carboxylic acids is 1. The van der Waals surface area contributed by atoms with Crippen molar-refractivity contribution < 1.29 is 14.3 Å². The summed E-state index contributed by atoms with van der Waals surface area (Å²) in [4.78, 5) is 25.0. The highest BCUT2D eigenvalue weighted by Crippen LogP contribution is 2.33. The third-order valence-electron chi connectivity index (χ3n) is 4.15. The molecule has 7 heteroatoms. The van der Waals surface area contributed by atoms with Crippen molar-refractivity contribution in [2.24, 2.45) is 7.05 Å². The maximum atomic E-state index is 12.8. The zero-order valence-electron chi connectivity index (χ0n) is 15.0. The second-order valence-electron chi connectivity index (χ2n) is 5.80. The summed E-state index contributed by atoms with van der Waals surface area (Å²) in [5.74, 6) is 0.674. The van der Waals surface area contributed by atoms with Crippen molar-refractivity contribution in [3.05, 3.63) is 58.0 Å². The van der Waals surface area contributed by atoms with Gasteiger partial charge in [-0.15, -0.1) is 0 Å². The van der Waals surface area contributed by atoms with E-state index in [-0.39, 0.29) is 11.3 Å². The Kier molecular flexibility index (Phi) is 4.62. The molecule has 0 saturated heterocycles. The molecule has 7 nitrogen and oxygen atoms in total. The number of rotatable bonds is 4. The normalized spacial score (nSPS) is 10.6. The SMILES string of the molecule is COc1cc(C)c(NC(=O)c2nn(C)c(=O)c3ccccc23)cc1OC. The van der Waals surface area contributed by atoms with Gasteiger partial charge in [0.25, 0.3) is 11.5 Å². The van der Waals surface area contributed by atoms with Crippen molar-refractivity contribution in [2.45, 2.75) is 6.92 Å². The number of aromatic nitrogens is 2. The summed E-state index contributed by atoms with van der Waals surface area (Å²) in [6.07, 6.45) is 0. The third kappa shape index (κ3) is 2.99. The molecular formula is C19H19N3O4. The van der Waals surface area contributed by atoms with E-state index in [2.05, 4.69) is 10.4 Å². The van der Waals surface area contributed by atoms with Crippen LogP contribution in [0.4, 0.5) is 5.69 Å². The first kappa shape index (κ1) is 17.5. The van der Waals surface area contributed by atoms with Crippen molar-refractivity contribution in [1.82, 2.24) is 9.78 Å². The first-order chi connectivity index (χ1) is 12.5. The number of benzene rings is 2. The highest BCUT2D eigenvalue weighted by molar-refractivity contribution is 6.11. The summed E-state index contributed by atoms with van der Waals surface area (Å²) in [7, 11) is 4.60. The number of aryl methyl sites for hydroxylation is 2. The second kappa shape index (κ2) is 6.87. The summed E-state index contributed by atoms with van der Waals surface area (Å²) in [5, 5.41) is 7.93. The average molecular weight is 353 g/mol. The zero-order chi connectivity index (χ0) is 18.8. The number of ether oxygens (including phenoxy) is 2. The average Bonchev–Trinajstić information content (AvgIpc) is 2.65. The number of hydrogen-bond acceptors (Lipinski definition) is 5. The standard InChI is InChI=1S/C19H19N3O4/c1-11-9-15(25-3)16(26-4)10-14(11)20-18(23)17-12-7-5-6-8-13(12)19(24)22(2)21-17/h5-10H,1-4H3,(H,20,23). The van der Waals surface area contributed by atoms with Crippen molar-refractivity contribution in [2.75, 3.05) is 19.5 Å². The van der Waals surface area contributed by atoms with Crippen LogP contribution in [0.3, 0.4) is 0 Å². The van der Waals surface area contributed by atoms with E-state index >= 15 is 0 Å². The lowest BCUT2D eigenvalue weighted by Crippen LogP contribution is -2.25. The van der Waals surface area contributed by atoms with Gasteiger partial charge in [0.15, 0.2) is 17.2 Å². The van der Waals surface area contributed by atoms with Crippen LogP contribution in [0.15, 0.2) is 41.2 Å². The minimum absolute atomic E-state index is 0.178. The topological polar surface area (TPSA) is 82.5 Å². The van der Waals surface area contributed by atoms with Crippen LogP contribution in [-0.2, 0) is 7.05 Å². The fourth-order valence-corrected chi connectivity index (χ4v) is 2.76. The quantitative estimate of drug-likeness (QED) is 0.779. The maximum absolute atomic E-state index is 12.8. The lowest BCUT2D eigenvalue weighted by Gasteiger charge is -2.14. The van der Waals surface area contributed by atoms with Crippen LogP contribution in [0, 0.1) is 6.92 Å². The molecular weight excluding hydrogens is 334 g/mol. The summed E-state index contributed by atoms with van der Waals surface area (Å²) >= 11 is 0. The molecule has 0 unspecified atom stereocenters. The predicted octanol–water partition coefficient (Wildman–Crippen LogP) is 2.51. The second-order valence-corrected chi connectivity index (χ2v) is 5.80. The van der Waals surface area contributed by atoms with Gasteiger partial charge in [-0.05, 0) is 24.6 Å². The van der Waals surface area contributed by atoms with Gasteiger partial charge < -0.3 is 14.8 Å². The molecule has 0 spiro atoms. The molecule has 1 N–H and O–H groups in total. The van der Waals surface area contributed by atoms with Gasteiger partial charge in [0.05, 0.1) is 19.6 Å². The van der Waals surface area contributed by atoms with E-state index in [0.29, 0.717) is 28.0 Å². The first-order valence-corrected chi connectivity index (χ1v) is 7.96. The Morgan fingerprint density at radius 3 is 2.35 bits per heavy atom. The summed E-state index contributed by atoms with van der Waals surface area (Å²) in [6.45, 7) is 1.85. The van der Waals surface area contributed by atoms with Gasteiger partial charge in [-0.25, -0.2) is 4.68 Å². The number of nitrogens with one attached hydrogen (secondary N) is 1. The van der Waals surface area contributed by atoms with E-state index in [0.717, 1.165) is 5.56 Å². The molecule has 0 aliphatic rings. The highest BCUT2D eigenvalue weighted by Gasteiger charge is 2.17. The predicted molar refractivity (Wildman–Crippen MR) is 99.2 cm³/mol. The van der Waals surface area contributed by atoms with Crippen LogP contribution < -0.4 is 20.3 Å². The van der Waals surface area contributed by atoms with E-state index in [4.69, 9.17) is 9.47 Å². The molecule has 3 rings (SSSR count). The monoisotopic (exact) mass is 353 g/mol. The third-order valence-corrected chi connectivity index (χ3v) is 4.15. The molecule has 1 amide bonds. The van der Waals surface area contributed by atoms with Gasteiger partial charge in [-0.3, -0.25) is 9.59 Å². The molecule has 2 aromatic carbocycles. The lowest BCUT2D eigenvalue weighted by atomic mass is 10.1. The molecule has 0 fully saturated rings. The Bertz CT molecular complexity index is 1060. The fraction of sp³-hybridized carbons (Fsp3) is 0.211. The molecule has 0 radical (unpaired) electrons. The van der Waals surface area contributed by atoms with Gasteiger partial charge in [0, 0.05) is 24.2 Å². The summed E-state index contributed by atoms with van der Waals surface area (Å²) < 4.78 is 11.7. The van der Waals surface area contributed by atoms with Gasteiger partial charge >= 0.3 is 0 Å². The van der Waals surface area contributed by atoms with E-state index in [1.54, 1.807) is 43.5 Å². The number of fused-ring (bicyclic) bond motifs is 1. The van der Waals surface area contributed by atoms with E-state index in [9.17, 15) is 9.59 Å². The number of carbonyl (C=O) groups is 1. The van der Waals surface area contributed by atoms with Crippen LogP contribution in [0.25, 0.3) is 10.8 Å². The minimum atomic E-state index is -0.410. The van der Waals surface area contributed by atoms with Crippen molar-refractivity contribution in [3.63, 3.8) is 0 Å². The minimum Gasteiger partial charge on any atom is -0.493 e. The lowest BCUT2D eigenvalue weighted by molar-refractivity contribution is 0.102. The van der Waals surface area contributed by atoms with E-state index in [1.165, 1.54) is 18.8 Å². The number of hydrogen-bond donors (Lipinski definition) is 1. The van der Waals surface area contributed by atoms with Gasteiger partial charge in [-0.1, -0.05) is 18.2 Å². The van der Waals surface area contributed by atoms with Crippen molar-refractivity contribution in [1.29, 1.82) is 0 Å². The van der Waals surface area contributed by atoms with Crippen LogP contribution in [0.2, 0.25) is 0 Å². The Morgan fingerprint density at radius 1 is 1.08 bits per heavy atom. The molecule has 1 aromatic heterocycles. The summed E-state index contributed by atoms with van der Waals surface area (Å²) in [6, 6.07) is 10.4.